The van der Waals surface area contributed by atoms with E-state index in [0.29, 0.717) is 20.6 Å². The lowest BCUT2D eigenvalue weighted by Gasteiger charge is -2.34. The third-order valence-electron chi connectivity index (χ3n) is 6.96. The molecule has 0 aliphatic carbocycles. The van der Waals surface area contributed by atoms with Gasteiger partial charge < -0.3 is 10.2 Å². The monoisotopic (exact) mass is 657 g/mol. The number of anilines is 1. The van der Waals surface area contributed by atoms with Crippen LogP contribution in [0.25, 0.3) is 0 Å². The lowest BCUT2D eigenvalue weighted by molar-refractivity contribution is -0.139. The summed E-state index contributed by atoms with van der Waals surface area (Å²) in [6.45, 7) is 1.02. The maximum Gasteiger partial charge on any atom is 0.264 e. The SMILES string of the molecule is CNC(=O)[C@H](Cc1ccccc1)N(Cc1c(Cl)cccc1Cl)C(=O)CN(c1ccc(C)c(Cl)c1)S(=O)(=O)c1ccccc1. The maximum absolute atomic E-state index is 14.4. The minimum absolute atomic E-state index is 0.00710. The second kappa shape index (κ2) is 14.3. The van der Waals surface area contributed by atoms with Crippen molar-refractivity contribution in [3.8, 4) is 0 Å². The number of likely N-dealkylation sites (N-methyl/N-ethyl adjacent to an activating group) is 1. The van der Waals surface area contributed by atoms with E-state index in [9.17, 15) is 18.0 Å². The molecule has 43 heavy (non-hydrogen) atoms. The average molecular weight is 659 g/mol. The van der Waals surface area contributed by atoms with Crippen molar-refractivity contribution in [2.45, 2.75) is 30.8 Å². The summed E-state index contributed by atoms with van der Waals surface area (Å²) in [5.41, 5.74) is 2.17. The molecule has 224 valence electrons. The van der Waals surface area contributed by atoms with Crippen molar-refractivity contribution < 1.29 is 18.0 Å². The third kappa shape index (κ3) is 7.70. The van der Waals surface area contributed by atoms with Crippen molar-refractivity contribution in [1.29, 1.82) is 0 Å². The van der Waals surface area contributed by atoms with Crippen LogP contribution in [-0.2, 0) is 32.6 Å². The van der Waals surface area contributed by atoms with E-state index in [1.165, 1.54) is 30.1 Å². The molecule has 1 N–H and O–H groups in total. The van der Waals surface area contributed by atoms with Crippen LogP contribution in [-0.4, -0.2) is 44.8 Å². The zero-order valence-electron chi connectivity index (χ0n) is 23.5. The highest BCUT2D eigenvalue weighted by Crippen LogP contribution is 2.30. The van der Waals surface area contributed by atoms with Crippen LogP contribution in [0, 0.1) is 6.92 Å². The number of halogens is 3. The van der Waals surface area contributed by atoms with E-state index in [-0.39, 0.29) is 23.5 Å². The molecule has 0 aliphatic heterocycles. The lowest BCUT2D eigenvalue weighted by atomic mass is 10.0. The first-order valence-electron chi connectivity index (χ1n) is 13.3. The summed E-state index contributed by atoms with van der Waals surface area (Å²) < 4.78 is 29.0. The Morgan fingerprint density at radius 2 is 1.42 bits per heavy atom. The predicted molar refractivity (Wildman–Crippen MR) is 172 cm³/mol. The van der Waals surface area contributed by atoms with Crippen molar-refractivity contribution in [2.24, 2.45) is 0 Å². The molecule has 0 aliphatic rings. The molecule has 0 saturated carbocycles. The Morgan fingerprint density at radius 1 is 0.814 bits per heavy atom. The van der Waals surface area contributed by atoms with Crippen molar-refractivity contribution in [3.05, 3.63) is 129 Å². The summed E-state index contributed by atoms with van der Waals surface area (Å²) in [7, 11) is -2.76. The lowest BCUT2D eigenvalue weighted by Crippen LogP contribution is -2.53. The van der Waals surface area contributed by atoms with Gasteiger partial charge in [0.1, 0.15) is 12.6 Å². The number of hydrogen-bond acceptors (Lipinski definition) is 4. The molecule has 2 amide bonds. The number of hydrogen-bond donors (Lipinski definition) is 1. The average Bonchev–Trinajstić information content (AvgIpc) is 3.00. The highest BCUT2D eigenvalue weighted by atomic mass is 35.5. The number of nitrogens with one attached hydrogen (secondary N) is 1. The van der Waals surface area contributed by atoms with Gasteiger partial charge in [-0.3, -0.25) is 13.9 Å². The molecule has 4 aromatic rings. The van der Waals surface area contributed by atoms with Gasteiger partial charge in [0.25, 0.3) is 10.0 Å². The molecular weight excluding hydrogens is 629 g/mol. The van der Waals surface area contributed by atoms with Gasteiger partial charge in [0.15, 0.2) is 0 Å². The fourth-order valence-electron chi connectivity index (χ4n) is 4.56. The van der Waals surface area contributed by atoms with Crippen LogP contribution in [0.3, 0.4) is 0 Å². The minimum Gasteiger partial charge on any atom is -0.357 e. The van der Waals surface area contributed by atoms with Crippen molar-refractivity contribution in [2.75, 3.05) is 17.9 Å². The molecule has 0 fully saturated rings. The summed E-state index contributed by atoms with van der Waals surface area (Å²) in [5, 5.41) is 3.59. The molecule has 4 rings (SSSR count). The van der Waals surface area contributed by atoms with E-state index < -0.39 is 34.4 Å². The third-order valence-corrected chi connectivity index (χ3v) is 9.86. The minimum atomic E-state index is -4.24. The number of carbonyl (C=O) groups is 2. The molecular formula is C32H30Cl3N3O4S. The quantitative estimate of drug-likeness (QED) is 0.198. The van der Waals surface area contributed by atoms with Crippen LogP contribution in [0.2, 0.25) is 15.1 Å². The number of aryl methyl sites for hydroxylation is 1. The van der Waals surface area contributed by atoms with Crippen LogP contribution in [0.4, 0.5) is 5.69 Å². The second-order valence-corrected chi connectivity index (χ2v) is 12.9. The topological polar surface area (TPSA) is 86.8 Å². The molecule has 7 nitrogen and oxygen atoms in total. The van der Waals surface area contributed by atoms with Crippen molar-refractivity contribution in [1.82, 2.24) is 10.2 Å². The second-order valence-electron chi connectivity index (χ2n) is 9.80. The first kappa shape index (κ1) is 32.4. The van der Waals surface area contributed by atoms with Gasteiger partial charge in [-0.15, -0.1) is 0 Å². The van der Waals surface area contributed by atoms with Gasteiger partial charge in [-0.1, -0.05) is 95.5 Å². The molecule has 0 aromatic heterocycles. The van der Waals surface area contributed by atoms with Gasteiger partial charge >= 0.3 is 0 Å². The number of carbonyl (C=O) groups excluding carboxylic acids is 2. The zero-order chi connectivity index (χ0) is 31.1. The molecule has 11 heteroatoms. The molecule has 0 unspecified atom stereocenters. The summed E-state index contributed by atoms with van der Waals surface area (Å²) >= 11 is 19.4. The Hall–Kier alpha value is -3.56. The highest BCUT2D eigenvalue weighted by molar-refractivity contribution is 7.92. The van der Waals surface area contributed by atoms with Gasteiger partial charge in [0.2, 0.25) is 11.8 Å². The number of nitrogens with zero attached hydrogens (tertiary/aromatic N) is 2. The first-order valence-corrected chi connectivity index (χ1v) is 15.9. The van der Waals surface area contributed by atoms with E-state index in [2.05, 4.69) is 5.32 Å². The smallest absolute Gasteiger partial charge is 0.264 e. The number of rotatable bonds is 11. The molecule has 0 bridgehead atoms. The van der Waals surface area contributed by atoms with Gasteiger partial charge in [0.05, 0.1) is 10.6 Å². The van der Waals surface area contributed by atoms with Gasteiger partial charge in [0, 0.05) is 40.6 Å². The Bertz CT molecular complexity index is 1680. The Morgan fingerprint density at radius 3 is 2.00 bits per heavy atom. The predicted octanol–water partition coefficient (Wildman–Crippen LogP) is 6.54. The van der Waals surface area contributed by atoms with E-state index in [1.54, 1.807) is 55.5 Å². The fraction of sp³-hybridized carbons (Fsp3) is 0.188. The van der Waals surface area contributed by atoms with Crippen LogP contribution in [0.15, 0.2) is 102 Å². The summed E-state index contributed by atoms with van der Waals surface area (Å²) in [5.74, 6) is -1.08. The highest BCUT2D eigenvalue weighted by Gasteiger charge is 2.35. The Labute approximate surface area is 267 Å². The number of benzene rings is 4. The van der Waals surface area contributed by atoms with Crippen molar-refractivity contribution >= 4 is 62.3 Å². The van der Waals surface area contributed by atoms with Crippen LogP contribution in [0.5, 0.6) is 0 Å². The maximum atomic E-state index is 14.4. The molecule has 4 aromatic carbocycles. The first-order chi connectivity index (χ1) is 20.5. The number of amides is 2. The number of sulfonamides is 1. The normalized spacial score (nSPS) is 11.9. The standard InChI is InChI=1S/C32H30Cl3N3O4S/c1-22-16-17-24(19-29(22)35)38(43(41,42)25-12-7-4-8-13-25)21-31(39)37(20-26-27(33)14-9-15-28(26)34)30(32(40)36-2)18-23-10-5-3-6-11-23/h3-17,19,30H,18,20-21H2,1-2H3,(H,36,40)/t30-/m0/s1. The van der Waals surface area contributed by atoms with E-state index in [1.807, 2.05) is 30.3 Å². The van der Waals surface area contributed by atoms with Crippen LogP contribution >= 0.6 is 34.8 Å². The molecule has 0 radical (unpaired) electrons. The summed E-state index contributed by atoms with van der Waals surface area (Å²) in [6.07, 6.45) is 0.163. The molecule has 1 atom stereocenters. The molecule has 0 heterocycles. The van der Waals surface area contributed by atoms with Crippen LogP contribution < -0.4 is 9.62 Å². The van der Waals surface area contributed by atoms with Gasteiger partial charge in [-0.2, -0.15) is 0 Å². The Kier molecular flexibility index (Phi) is 10.7. The van der Waals surface area contributed by atoms with E-state index in [0.717, 1.165) is 15.4 Å². The van der Waals surface area contributed by atoms with Gasteiger partial charge in [-0.25, -0.2) is 8.42 Å². The molecule has 0 saturated heterocycles. The van der Waals surface area contributed by atoms with Gasteiger partial charge in [-0.05, 0) is 54.4 Å². The zero-order valence-corrected chi connectivity index (χ0v) is 26.6. The van der Waals surface area contributed by atoms with Crippen molar-refractivity contribution in [3.63, 3.8) is 0 Å². The summed E-state index contributed by atoms with van der Waals surface area (Å²) in [4.78, 5) is 29.0. The van der Waals surface area contributed by atoms with E-state index in [4.69, 9.17) is 34.8 Å². The van der Waals surface area contributed by atoms with E-state index >= 15 is 0 Å². The molecule has 0 spiro atoms. The largest absolute Gasteiger partial charge is 0.357 e. The fourth-order valence-corrected chi connectivity index (χ4v) is 6.68. The van der Waals surface area contributed by atoms with Crippen LogP contribution in [0.1, 0.15) is 16.7 Å². The Balaban J connectivity index is 1.83. The summed E-state index contributed by atoms with van der Waals surface area (Å²) in [6, 6.07) is 25.7.